The predicted molar refractivity (Wildman–Crippen MR) is 72.1 cm³/mol. The lowest BCUT2D eigenvalue weighted by Gasteiger charge is -2.37. The third-order valence-corrected chi connectivity index (χ3v) is 4.74. The summed E-state index contributed by atoms with van der Waals surface area (Å²) in [7, 11) is 0. The Bertz CT molecular complexity index is 219. The Morgan fingerprint density at radius 2 is 1.88 bits per heavy atom. The number of rotatable bonds is 5. The Morgan fingerprint density at radius 1 is 1.06 bits per heavy atom. The van der Waals surface area contributed by atoms with Crippen LogP contribution in [0.3, 0.4) is 0 Å². The summed E-state index contributed by atoms with van der Waals surface area (Å²) in [5.41, 5.74) is 0. The van der Waals surface area contributed by atoms with Gasteiger partial charge in [-0.05, 0) is 45.2 Å². The molecule has 0 radical (unpaired) electrons. The fraction of sp³-hybridized carbons (Fsp3) is 1.00. The number of hydrogen-bond donors (Lipinski definition) is 1. The van der Waals surface area contributed by atoms with Crippen molar-refractivity contribution in [2.75, 3.05) is 13.1 Å². The maximum atomic E-state index is 10.2. The number of nitrogens with zero attached hydrogens (tertiary/aromatic N) is 1. The molecule has 1 N–H and O–H groups in total. The average Bonchev–Trinajstić information content (AvgIpc) is 2.78. The van der Waals surface area contributed by atoms with E-state index >= 15 is 0 Å². The van der Waals surface area contributed by atoms with Crippen LogP contribution in [0, 0.1) is 5.92 Å². The fourth-order valence-corrected chi connectivity index (χ4v) is 3.77. The van der Waals surface area contributed by atoms with E-state index in [0.717, 1.165) is 6.42 Å². The fourth-order valence-electron chi connectivity index (χ4n) is 3.77. The van der Waals surface area contributed by atoms with Crippen LogP contribution in [0.5, 0.6) is 0 Å². The van der Waals surface area contributed by atoms with E-state index < -0.39 is 0 Å². The SMILES string of the molecule is CCCCCN1CCCC1C1CCCCC1O. The molecule has 1 saturated heterocycles. The van der Waals surface area contributed by atoms with Crippen molar-refractivity contribution < 1.29 is 5.11 Å². The van der Waals surface area contributed by atoms with Crippen LogP contribution in [0.15, 0.2) is 0 Å². The summed E-state index contributed by atoms with van der Waals surface area (Å²) in [5.74, 6) is 0.577. The molecule has 1 aliphatic heterocycles. The van der Waals surface area contributed by atoms with Gasteiger partial charge in [0.05, 0.1) is 6.10 Å². The van der Waals surface area contributed by atoms with Crippen molar-refractivity contribution in [3.05, 3.63) is 0 Å². The summed E-state index contributed by atoms with van der Waals surface area (Å²) in [6.07, 6.45) is 11.5. The molecule has 100 valence electrons. The standard InChI is InChI=1S/C15H29NO/c1-2-3-6-11-16-12-7-9-14(16)13-8-4-5-10-15(13)17/h13-15,17H,2-12H2,1H3. The van der Waals surface area contributed by atoms with Gasteiger partial charge in [-0.25, -0.2) is 0 Å². The van der Waals surface area contributed by atoms with E-state index in [2.05, 4.69) is 11.8 Å². The highest BCUT2D eigenvalue weighted by Crippen LogP contribution is 2.34. The highest BCUT2D eigenvalue weighted by molar-refractivity contribution is 4.90. The molecule has 3 unspecified atom stereocenters. The van der Waals surface area contributed by atoms with Gasteiger partial charge in [0, 0.05) is 12.0 Å². The number of aliphatic hydroxyl groups excluding tert-OH is 1. The lowest BCUT2D eigenvalue weighted by Crippen LogP contribution is -2.42. The molecule has 17 heavy (non-hydrogen) atoms. The molecule has 1 aliphatic carbocycles. The van der Waals surface area contributed by atoms with Gasteiger partial charge in [-0.1, -0.05) is 32.6 Å². The van der Waals surface area contributed by atoms with Gasteiger partial charge in [0.2, 0.25) is 0 Å². The quantitative estimate of drug-likeness (QED) is 0.745. The molecule has 0 aromatic heterocycles. The number of hydrogen-bond acceptors (Lipinski definition) is 2. The normalized spacial score (nSPS) is 35.3. The lowest BCUT2D eigenvalue weighted by atomic mass is 9.80. The van der Waals surface area contributed by atoms with Gasteiger partial charge >= 0.3 is 0 Å². The maximum Gasteiger partial charge on any atom is 0.0583 e. The molecular weight excluding hydrogens is 210 g/mol. The van der Waals surface area contributed by atoms with Crippen molar-refractivity contribution in [2.45, 2.75) is 76.9 Å². The summed E-state index contributed by atoms with van der Waals surface area (Å²) in [5, 5.41) is 10.2. The maximum absolute atomic E-state index is 10.2. The molecule has 0 aromatic carbocycles. The Kier molecular flexibility index (Phi) is 5.30. The summed E-state index contributed by atoms with van der Waals surface area (Å²) >= 11 is 0. The smallest absolute Gasteiger partial charge is 0.0583 e. The average molecular weight is 239 g/mol. The Balaban J connectivity index is 1.84. The van der Waals surface area contributed by atoms with E-state index in [1.807, 2.05) is 0 Å². The van der Waals surface area contributed by atoms with Crippen LogP contribution in [0.2, 0.25) is 0 Å². The van der Waals surface area contributed by atoms with Crippen LogP contribution in [-0.4, -0.2) is 35.2 Å². The van der Waals surface area contributed by atoms with Crippen LogP contribution < -0.4 is 0 Å². The van der Waals surface area contributed by atoms with Gasteiger partial charge in [-0.2, -0.15) is 0 Å². The number of aliphatic hydroxyl groups is 1. The zero-order chi connectivity index (χ0) is 12.1. The molecule has 3 atom stereocenters. The van der Waals surface area contributed by atoms with Crippen LogP contribution in [-0.2, 0) is 0 Å². The molecular formula is C15H29NO. The molecule has 2 heteroatoms. The minimum Gasteiger partial charge on any atom is -0.393 e. The highest BCUT2D eigenvalue weighted by Gasteiger charge is 2.36. The molecule has 0 amide bonds. The van der Waals surface area contributed by atoms with Gasteiger partial charge < -0.3 is 10.0 Å². The molecule has 0 bridgehead atoms. The first-order valence-electron chi connectivity index (χ1n) is 7.75. The van der Waals surface area contributed by atoms with Crippen LogP contribution in [0.25, 0.3) is 0 Å². The van der Waals surface area contributed by atoms with Gasteiger partial charge in [0.15, 0.2) is 0 Å². The van der Waals surface area contributed by atoms with Crippen LogP contribution >= 0.6 is 0 Å². The van der Waals surface area contributed by atoms with Crippen molar-refractivity contribution in [3.8, 4) is 0 Å². The van der Waals surface area contributed by atoms with E-state index in [0.29, 0.717) is 12.0 Å². The van der Waals surface area contributed by atoms with Crippen molar-refractivity contribution in [3.63, 3.8) is 0 Å². The molecule has 2 aliphatic rings. The van der Waals surface area contributed by atoms with Gasteiger partial charge in [-0.15, -0.1) is 0 Å². The highest BCUT2D eigenvalue weighted by atomic mass is 16.3. The first-order chi connectivity index (χ1) is 8.33. The second-order valence-electron chi connectivity index (χ2n) is 5.97. The van der Waals surface area contributed by atoms with Gasteiger partial charge in [0.25, 0.3) is 0 Å². The molecule has 2 nitrogen and oxygen atoms in total. The van der Waals surface area contributed by atoms with E-state index in [4.69, 9.17) is 0 Å². The first kappa shape index (κ1) is 13.4. The summed E-state index contributed by atoms with van der Waals surface area (Å²) in [6, 6.07) is 0.696. The number of likely N-dealkylation sites (tertiary alicyclic amines) is 1. The van der Waals surface area contributed by atoms with Crippen LogP contribution in [0.4, 0.5) is 0 Å². The first-order valence-corrected chi connectivity index (χ1v) is 7.75. The van der Waals surface area contributed by atoms with Crippen molar-refractivity contribution in [1.29, 1.82) is 0 Å². The van der Waals surface area contributed by atoms with Crippen molar-refractivity contribution in [1.82, 2.24) is 4.90 Å². The minimum absolute atomic E-state index is 0.0134. The lowest BCUT2D eigenvalue weighted by molar-refractivity contribution is 0.0218. The van der Waals surface area contributed by atoms with E-state index in [1.54, 1.807) is 0 Å². The van der Waals surface area contributed by atoms with Crippen molar-refractivity contribution in [2.24, 2.45) is 5.92 Å². The summed E-state index contributed by atoms with van der Waals surface area (Å²) < 4.78 is 0. The van der Waals surface area contributed by atoms with E-state index in [9.17, 15) is 5.11 Å². The van der Waals surface area contributed by atoms with E-state index in [1.165, 1.54) is 64.5 Å². The van der Waals surface area contributed by atoms with Crippen LogP contribution in [0.1, 0.15) is 64.7 Å². The second-order valence-corrected chi connectivity index (χ2v) is 5.97. The predicted octanol–water partition coefficient (Wildman–Crippen LogP) is 3.19. The zero-order valence-corrected chi connectivity index (χ0v) is 11.4. The van der Waals surface area contributed by atoms with Gasteiger partial charge in [0.1, 0.15) is 0 Å². The second kappa shape index (κ2) is 6.75. The summed E-state index contributed by atoms with van der Waals surface area (Å²) in [6.45, 7) is 4.81. The molecule has 1 heterocycles. The Hall–Kier alpha value is -0.0800. The monoisotopic (exact) mass is 239 g/mol. The third kappa shape index (κ3) is 3.45. The largest absolute Gasteiger partial charge is 0.393 e. The topological polar surface area (TPSA) is 23.5 Å². The number of unbranched alkanes of at least 4 members (excludes halogenated alkanes) is 2. The summed E-state index contributed by atoms with van der Waals surface area (Å²) in [4.78, 5) is 2.68. The molecule has 0 spiro atoms. The Morgan fingerprint density at radius 3 is 2.65 bits per heavy atom. The molecule has 2 rings (SSSR count). The van der Waals surface area contributed by atoms with E-state index in [-0.39, 0.29) is 6.10 Å². The minimum atomic E-state index is -0.0134. The van der Waals surface area contributed by atoms with Crippen molar-refractivity contribution >= 4 is 0 Å². The Labute approximate surface area is 106 Å². The zero-order valence-electron chi connectivity index (χ0n) is 11.4. The molecule has 1 saturated carbocycles. The van der Waals surface area contributed by atoms with Gasteiger partial charge in [-0.3, -0.25) is 0 Å². The molecule has 0 aromatic rings. The molecule has 2 fully saturated rings. The third-order valence-electron chi connectivity index (χ3n) is 4.74.